The highest BCUT2D eigenvalue weighted by Gasteiger charge is 2.21. The van der Waals surface area contributed by atoms with Crippen molar-refractivity contribution in [2.24, 2.45) is 0 Å². The summed E-state index contributed by atoms with van der Waals surface area (Å²) >= 11 is 5.34. The Labute approximate surface area is 125 Å². The van der Waals surface area contributed by atoms with Gasteiger partial charge in [0.05, 0.1) is 7.11 Å². The molecule has 1 aliphatic carbocycles. The van der Waals surface area contributed by atoms with E-state index in [1.54, 1.807) is 18.4 Å². The van der Waals surface area contributed by atoms with Gasteiger partial charge in [0.2, 0.25) is 0 Å². The van der Waals surface area contributed by atoms with Crippen LogP contribution < -0.4 is 10.1 Å². The Kier molecular flexibility index (Phi) is 3.91. The maximum Gasteiger partial charge on any atom is 0.119 e. The quantitative estimate of drug-likeness (QED) is 0.870. The minimum absolute atomic E-state index is 0.713. The molecule has 0 saturated heterocycles. The molecular formula is C15H16BrNOS. The third-order valence-corrected chi connectivity index (χ3v) is 5.08. The first-order valence-electron chi connectivity index (χ1n) is 6.40. The maximum atomic E-state index is 5.34. The van der Waals surface area contributed by atoms with Gasteiger partial charge in [0.15, 0.2) is 0 Å². The molecule has 1 N–H and O–H groups in total. The van der Waals surface area contributed by atoms with Crippen molar-refractivity contribution >= 4 is 27.3 Å². The molecule has 0 unspecified atom stereocenters. The van der Waals surface area contributed by atoms with Crippen LogP contribution in [0.25, 0.3) is 11.1 Å². The van der Waals surface area contributed by atoms with Gasteiger partial charge in [-0.05, 0) is 57.4 Å². The number of halogens is 1. The number of benzene rings is 1. The van der Waals surface area contributed by atoms with Crippen LogP contribution in [0.1, 0.15) is 18.4 Å². The Hall–Kier alpha value is -0.840. The summed E-state index contributed by atoms with van der Waals surface area (Å²) in [6.45, 7) is 0.902. The molecule has 1 aliphatic rings. The number of hydrogen-bond donors (Lipinski definition) is 1. The van der Waals surface area contributed by atoms with Crippen molar-refractivity contribution in [1.29, 1.82) is 0 Å². The Morgan fingerprint density at radius 3 is 2.79 bits per heavy atom. The van der Waals surface area contributed by atoms with E-state index >= 15 is 0 Å². The van der Waals surface area contributed by atoms with Gasteiger partial charge in [-0.3, -0.25) is 0 Å². The zero-order chi connectivity index (χ0) is 13.2. The lowest BCUT2D eigenvalue weighted by Gasteiger charge is -2.12. The van der Waals surface area contributed by atoms with E-state index in [0.717, 1.165) is 16.8 Å². The molecule has 0 amide bonds. The van der Waals surface area contributed by atoms with Crippen LogP contribution in [0, 0.1) is 0 Å². The summed E-state index contributed by atoms with van der Waals surface area (Å²) in [5, 5.41) is 7.89. The average Bonchev–Trinajstić information content (AvgIpc) is 3.17. The molecule has 2 nitrogen and oxygen atoms in total. The summed E-state index contributed by atoms with van der Waals surface area (Å²) in [4.78, 5) is 0. The SMILES string of the molecule is COc1ccc(-c2cscc2Br)c(CNC2CC2)c1. The molecule has 0 atom stereocenters. The highest BCUT2D eigenvalue weighted by molar-refractivity contribution is 9.10. The first-order valence-corrected chi connectivity index (χ1v) is 8.14. The summed E-state index contributed by atoms with van der Waals surface area (Å²) in [5.41, 5.74) is 3.84. The Morgan fingerprint density at radius 2 is 2.16 bits per heavy atom. The first-order chi connectivity index (χ1) is 9.28. The van der Waals surface area contributed by atoms with E-state index < -0.39 is 0 Å². The van der Waals surface area contributed by atoms with Gasteiger partial charge in [-0.2, -0.15) is 11.3 Å². The fourth-order valence-corrected chi connectivity index (χ4v) is 3.63. The van der Waals surface area contributed by atoms with Gasteiger partial charge in [0.25, 0.3) is 0 Å². The van der Waals surface area contributed by atoms with Gasteiger partial charge in [-0.25, -0.2) is 0 Å². The Balaban J connectivity index is 1.94. The van der Waals surface area contributed by atoms with E-state index in [0.29, 0.717) is 6.04 Å². The zero-order valence-corrected chi connectivity index (χ0v) is 13.2. The lowest BCUT2D eigenvalue weighted by molar-refractivity contribution is 0.414. The van der Waals surface area contributed by atoms with Crippen LogP contribution in [0.5, 0.6) is 5.75 Å². The van der Waals surface area contributed by atoms with Crippen molar-refractivity contribution in [1.82, 2.24) is 5.32 Å². The second-order valence-corrected chi connectivity index (χ2v) is 6.41. The summed E-state index contributed by atoms with van der Waals surface area (Å²) in [5.74, 6) is 0.919. The molecular weight excluding hydrogens is 322 g/mol. The molecule has 19 heavy (non-hydrogen) atoms. The van der Waals surface area contributed by atoms with Crippen LogP contribution in [-0.4, -0.2) is 13.2 Å². The van der Waals surface area contributed by atoms with Crippen LogP contribution >= 0.6 is 27.3 Å². The molecule has 1 aromatic carbocycles. The standard InChI is InChI=1S/C15H16BrNOS/c1-18-12-4-5-13(14-8-19-9-15(14)16)10(6-12)7-17-11-2-3-11/h4-6,8-9,11,17H,2-3,7H2,1H3. The summed E-state index contributed by atoms with van der Waals surface area (Å²) < 4.78 is 6.51. The number of thiophene rings is 1. The second-order valence-electron chi connectivity index (χ2n) is 4.81. The van der Waals surface area contributed by atoms with Gasteiger partial charge >= 0.3 is 0 Å². The van der Waals surface area contributed by atoms with E-state index in [4.69, 9.17) is 4.74 Å². The molecule has 1 heterocycles. The van der Waals surface area contributed by atoms with Crippen molar-refractivity contribution in [3.63, 3.8) is 0 Å². The number of rotatable bonds is 5. The van der Waals surface area contributed by atoms with Gasteiger partial charge in [0.1, 0.15) is 5.75 Å². The normalized spacial score (nSPS) is 14.6. The van der Waals surface area contributed by atoms with Gasteiger partial charge in [0, 0.05) is 28.0 Å². The van der Waals surface area contributed by atoms with Crippen molar-refractivity contribution in [3.05, 3.63) is 39.0 Å². The number of hydrogen-bond acceptors (Lipinski definition) is 3. The van der Waals surface area contributed by atoms with Crippen LogP contribution in [-0.2, 0) is 6.54 Å². The summed E-state index contributed by atoms with van der Waals surface area (Å²) in [6.07, 6.45) is 2.61. The molecule has 1 aromatic heterocycles. The highest BCUT2D eigenvalue weighted by atomic mass is 79.9. The van der Waals surface area contributed by atoms with Crippen LogP contribution in [0.15, 0.2) is 33.4 Å². The van der Waals surface area contributed by atoms with Crippen LogP contribution in [0.3, 0.4) is 0 Å². The zero-order valence-electron chi connectivity index (χ0n) is 10.8. The lowest BCUT2D eigenvalue weighted by atomic mass is 10.0. The minimum atomic E-state index is 0.713. The molecule has 1 fully saturated rings. The predicted molar refractivity (Wildman–Crippen MR) is 83.9 cm³/mol. The minimum Gasteiger partial charge on any atom is -0.497 e. The largest absolute Gasteiger partial charge is 0.497 e. The second kappa shape index (κ2) is 5.65. The topological polar surface area (TPSA) is 21.3 Å². The third-order valence-electron chi connectivity index (χ3n) is 3.38. The van der Waals surface area contributed by atoms with Crippen LogP contribution in [0.2, 0.25) is 0 Å². The number of methoxy groups -OCH3 is 1. The summed E-state index contributed by atoms with van der Waals surface area (Å²) in [6, 6.07) is 7.02. The maximum absolute atomic E-state index is 5.34. The molecule has 0 spiro atoms. The summed E-state index contributed by atoms with van der Waals surface area (Å²) in [7, 11) is 1.72. The molecule has 2 aromatic rings. The fourth-order valence-electron chi connectivity index (χ4n) is 2.12. The lowest BCUT2D eigenvalue weighted by Crippen LogP contribution is -2.15. The van der Waals surface area contributed by atoms with Crippen molar-refractivity contribution in [3.8, 4) is 16.9 Å². The van der Waals surface area contributed by atoms with Crippen LogP contribution in [0.4, 0.5) is 0 Å². The van der Waals surface area contributed by atoms with Crippen molar-refractivity contribution in [2.45, 2.75) is 25.4 Å². The van der Waals surface area contributed by atoms with E-state index in [1.165, 1.54) is 29.5 Å². The van der Waals surface area contributed by atoms with E-state index in [1.807, 2.05) is 6.07 Å². The molecule has 1 saturated carbocycles. The molecule has 0 aliphatic heterocycles. The van der Waals surface area contributed by atoms with Gasteiger partial charge < -0.3 is 10.1 Å². The van der Waals surface area contributed by atoms with Crippen molar-refractivity contribution in [2.75, 3.05) is 7.11 Å². The van der Waals surface area contributed by atoms with Gasteiger partial charge in [-0.15, -0.1) is 0 Å². The predicted octanol–water partition coefficient (Wildman–Crippen LogP) is 4.44. The number of nitrogens with one attached hydrogen (secondary N) is 1. The number of ether oxygens (including phenoxy) is 1. The molecule has 0 bridgehead atoms. The smallest absolute Gasteiger partial charge is 0.119 e. The third kappa shape index (κ3) is 3.02. The molecule has 3 rings (SSSR count). The highest BCUT2D eigenvalue weighted by Crippen LogP contribution is 2.35. The molecule has 0 radical (unpaired) electrons. The van der Waals surface area contributed by atoms with Gasteiger partial charge in [-0.1, -0.05) is 6.07 Å². The van der Waals surface area contributed by atoms with E-state index in [9.17, 15) is 0 Å². The molecule has 100 valence electrons. The molecule has 4 heteroatoms. The van der Waals surface area contributed by atoms with Crippen molar-refractivity contribution < 1.29 is 4.74 Å². The van der Waals surface area contributed by atoms with E-state index in [2.05, 4.69) is 44.1 Å². The Bertz CT molecular complexity index is 577. The Morgan fingerprint density at radius 1 is 1.32 bits per heavy atom. The van der Waals surface area contributed by atoms with E-state index in [-0.39, 0.29) is 0 Å². The monoisotopic (exact) mass is 337 g/mol. The fraction of sp³-hybridized carbons (Fsp3) is 0.333. The first kappa shape index (κ1) is 13.2. The average molecular weight is 338 g/mol.